The Balaban J connectivity index is 1.17. The minimum atomic E-state index is -3.44. The molecule has 2 aliphatic heterocycles. The van der Waals surface area contributed by atoms with Crippen LogP contribution in [0.2, 0.25) is 0 Å². The third kappa shape index (κ3) is 10.2. The number of anilines is 1. The van der Waals surface area contributed by atoms with Crippen LogP contribution in [0.1, 0.15) is 100 Å². The summed E-state index contributed by atoms with van der Waals surface area (Å²) in [5.41, 5.74) is 0.383. The number of carbonyl (C=O) groups excluding carboxylic acids is 4. The maximum atomic E-state index is 14.9. The first-order valence-corrected chi connectivity index (χ1v) is 24.1. The summed E-state index contributed by atoms with van der Waals surface area (Å²) in [6.45, 7) is 12.3. The number of ether oxygens (including phenoxy) is 3. The molecule has 340 valence electrons. The van der Waals surface area contributed by atoms with Crippen molar-refractivity contribution in [2.24, 2.45) is 23.2 Å². The molecule has 2 aromatic carbocycles. The number of methoxy groups -OCH3 is 1. The molecule has 63 heavy (non-hydrogen) atoms. The number of nitrogens with one attached hydrogen (secondary N) is 3. The molecule has 19 heteroatoms. The van der Waals surface area contributed by atoms with Gasteiger partial charge < -0.3 is 34.2 Å². The number of piperidine rings is 1. The van der Waals surface area contributed by atoms with Crippen molar-refractivity contribution in [2.45, 2.75) is 110 Å². The zero-order valence-electron chi connectivity index (χ0n) is 37.1. The summed E-state index contributed by atoms with van der Waals surface area (Å²) in [6.07, 6.45) is 2.57. The van der Waals surface area contributed by atoms with Crippen molar-refractivity contribution in [3.05, 3.63) is 76.3 Å². The molecule has 4 unspecified atom stereocenters. The highest BCUT2D eigenvalue weighted by Crippen LogP contribution is 2.65. The Hall–Kier alpha value is -4.56. The molecule has 5 fully saturated rings. The van der Waals surface area contributed by atoms with Gasteiger partial charge in [0, 0.05) is 24.4 Å². The van der Waals surface area contributed by atoms with Crippen LogP contribution < -0.4 is 20.7 Å². The van der Waals surface area contributed by atoms with Gasteiger partial charge in [-0.15, -0.1) is 11.3 Å². The molecule has 16 nitrogen and oxygen atoms in total. The number of hydrogen-bond acceptors (Lipinski definition) is 13. The van der Waals surface area contributed by atoms with Crippen molar-refractivity contribution in [2.75, 3.05) is 31.8 Å². The summed E-state index contributed by atoms with van der Waals surface area (Å²) in [6, 6.07) is 13.0. The summed E-state index contributed by atoms with van der Waals surface area (Å²) in [5.74, 6) is -2.15. The van der Waals surface area contributed by atoms with E-state index in [1.54, 1.807) is 44.4 Å². The van der Waals surface area contributed by atoms with E-state index in [-0.39, 0.29) is 78.5 Å². The van der Waals surface area contributed by atoms with E-state index in [0.717, 1.165) is 36.0 Å². The fourth-order valence-corrected chi connectivity index (χ4v) is 11.2. The topological polar surface area (TPSA) is 201 Å². The van der Waals surface area contributed by atoms with Crippen LogP contribution in [0.25, 0.3) is 0 Å². The average Bonchev–Trinajstić information content (AvgIpc) is 3.84. The highest BCUT2D eigenvalue weighted by atomic mass is 32.2. The van der Waals surface area contributed by atoms with Gasteiger partial charge in [-0.3, -0.25) is 14.9 Å². The van der Waals surface area contributed by atoms with Gasteiger partial charge in [0.15, 0.2) is 11.2 Å². The molecule has 3 amide bonds. The van der Waals surface area contributed by atoms with Gasteiger partial charge in [-0.2, -0.15) is 0 Å². The highest BCUT2D eigenvalue weighted by molar-refractivity contribution is 7.88. The van der Waals surface area contributed by atoms with Gasteiger partial charge in [0.2, 0.25) is 21.8 Å². The molecular formula is C44H58BN5O11S2. The highest BCUT2D eigenvalue weighted by Gasteiger charge is 2.68. The lowest BCUT2D eigenvalue weighted by Crippen LogP contribution is -2.65. The van der Waals surface area contributed by atoms with Crippen molar-refractivity contribution in [1.82, 2.24) is 19.9 Å². The lowest BCUT2D eigenvalue weighted by molar-refractivity contribution is -0.199. The summed E-state index contributed by atoms with van der Waals surface area (Å²) in [5, 5.41) is 10.3. The quantitative estimate of drug-likeness (QED) is 0.132. The zero-order chi connectivity index (χ0) is 45.5. The van der Waals surface area contributed by atoms with Gasteiger partial charge in [0.1, 0.15) is 23.5 Å². The van der Waals surface area contributed by atoms with Crippen molar-refractivity contribution < 1.29 is 51.1 Å². The standard InChI is InChI=1S/C44H58BN5O11S2/c1-42(2,3)59-39(53)30-16-12-15-28(36(30)57-7)21-34(45-60-33-23-29-22-32(43(29,4)5)44(33,6)61-45)47-38(52)35(48-37(51)27-17-19-50(20-18-27)63(8,55)56)31-25-62-40(46-31)49-41(54)58-24-26-13-10-9-11-14-26/h9-16,25,27,29,32-35H,17-24H2,1-8H3,(H,47,52)(H,48,51)(H,46,49,54)/t29?,32?,33?,34-,35?,44-/m0/s1. The number of thiazole rings is 1. The largest absolute Gasteiger partial charge is 0.496 e. The second kappa shape index (κ2) is 18.1. The Morgan fingerprint density at radius 3 is 2.38 bits per heavy atom. The van der Waals surface area contributed by atoms with Crippen molar-refractivity contribution in [3.8, 4) is 5.75 Å². The number of sulfonamides is 1. The molecule has 2 bridgehead atoms. The van der Waals surface area contributed by atoms with Gasteiger partial charge in [-0.1, -0.05) is 56.3 Å². The molecule has 3 heterocycles. The Morgan fingerprint density at radius 2 is 1.73 bits per heavy atom. The number of esters is 1. The van der Waals surface area contributed by atoms with E-state index >= 15 is 0 Å². The van der Waals surface area contributed by atoms with Crippen molar-refractivity contribution >= 4 is 57.5 Å². The molecule has 3 aliphatic carbocycles. The number of nitrogens with zero attached hydrogens (tertiary/aromatic N) is 2. The Kier molecular flexibility index (Phi) is 13.4. The van der Waals surface area contributed by atoms with E-state index in [9.17, 15) is 27.6 Å². The second-order valence-electron chi connectivity index (χ2n) is 18.8. The SMILES string of the molecule is COc1c(C[C@H](NC(=O)C(NC(=O)C2CCN(S(C)(=O)=O)CC2)c2csc(NC(=O)OCc3ccccc3)n2)B2OC3CC4CC(C4(C)C)[C@]3(C)O2)cccc1C(=O)OC(C)(C)C. The van der Waals surface area contributed by atoms with E-state index in [4.69, 9.17) is 23.5 Å². The molecule has 8 rings (SSSR count). The zero-order valence-corrected chi connectivity index (χ0v) is 38.7. The van der Waals surface area contributed by atoms with Crippen molar-refractivity contribution in [1.29, 1.82) is 0 Å². The number of hydrogen-bond donors (Lipinski definition) is 3. The Labute approximate surface area is 373 Å². The molecule has 3 N–H and O–H groups in total. The molecule has 5 aliphatic rings. The summed E-state index contributed by atoms with van der Waals surface area (Å²) < 4.78 is 56.3. The molecular weight excluding hydrogens is 849 g/mol. The third-order valence-electron chi connectivity index (χ3n) is 13.1. The predicted octanol–water partition coefficient (Wildman–Crippen LogP) is 5.68. The van der Waals surface area contributed by atoms with Crippen LogP contribution in [-0.2, 0) is 51.4 Å². The first-order valence-electron chi connectivity index (χ1n) is 21.4. The predicted molar refractivity (Wildman–Crippen MR) is 236 cm³/mol. The fraction of sp³-hybridized carbons (Fsp3) is 0.568. The number of para-hydroxylation sites is 1. The van der Waals surface area contributed by atoms with E-state index < -0.39 is 70.1 Å². The van der Waals surface area contributed by atoms with Crippen LogP contribution >= 0.6 is 11.3 Å². The molecule has 6 atom stereocenters. The van der Waals surface area contributed by atoms with Gasteiger partial charge in [-0.25, -0.2) is 27.3 Å². The fourth-order valence-electron chi connectivity index (χ4n) is 9.58. The summed E-state index contributed by atoms with van der Waals surface area (Å²) in [7, 11) is -2.91. The number of carbonyl (C=O) groups is 4. The monoisotopic (exact) mass is 907 g/mol. The average molecular weight is 908 g/mol. The number of aromatic nitrogens is 1. The van der Waals surface area contributed by atoms with Gasteiger partial charge in [-0.05, 0) is 94.2 Å². The minimum absolute atomic E-state index is 0.0289. The van der Waals surface area contributed by atoms with E-state index in [1.165, 1.54) is 11.4 Å². The lowest BCUT2D eigenvalue weighted by atomic mass is 9.43. The summed E-state index contributed by atoms with van der Waals surface area (Å²) in [4.78, 5) is 59.6. The van der Waals surface area contributed by atoms with Crippen molar-refractivity contribution in [3.63, 3.8) is 0 Å². The van der Waals surface area contributed by atoms with E-state index in [1.807, 2.05) is 30.3 Å². The van der Waals surface area contributed by atoms with E-state index in [0.29, 0.717) is 11.5 Å². The summed E-state index contributed by atoms with van der Waals surface area (Å²) >= 11 is 1.05. The normalized spacial score (nSPS) is 24.3. The van der Waals surface area contributed by atoms with Gasteiger partial charge in [0.05, 0.1) is 36.7 Å². The molecule has 0 radical (unpaired) electrons. The van der Waals surface area contributed by atoms with Crippen LogP contribution in [0.3, 0.4) is 0 Å². The van der Waals surface area contributed by atoms with Crippen LogP contribution in [-0.4, -0.2) is 98.4 Å². The lowest BCUT2D eigenvalue weighted by Gasteiger charge is -2.64. The number of benzene rings is 2. The maximum Gasteiger partial charge on any atom is 0.482 e. The molecule has 0 spiro atoms. The van der Waals surface area contributed by atoms with Crippen LogP contribution in [0.15, 0.2) is 53.9 Å². The molecule has 3 aromatic rings. The van der Waals surface area contributed by atoms with Gasteiger partial charge in [0.25, 0.3) is 0 Å². The van der Waals surface area contributed by atoms with Gasteiger partial charge >= 0.3 is 19.2 Å². The Bertz CT molecular complexity index is 2300. The van der Waals surface area contributed by atoms with Crippen LogP contribution in [0, 0.1) is 23.2 Å². The smallest absolute Gasteiger partial charge is 0.482 e. The van der Waals surface area contributed by atoms with E-state index in [2.05, 4.69) is 41.7 Å². The van der Waals surface area contributed by atoms with Crippen LogP contribution in [0.4, 0.5) is 9.93 Å². The first kappa shape index (κ1) is 46.4. The maximum absolute atomic E-state index is 14.9. The minimum Gasteiger partial charge on any atom is -0.496 e. The molecule has 1 aromatic heterocycles. The Morgan fingerprint density at radius 1 is 1.02 bits per heavy atom. The molecule has 2 saturated heterocycles. The number of rotatable bonds is 14. The number of amides is 3. The first-order chi connectivity index (χ1) is 29.7. The third-order valence-corrected chi connectivity index (χ3v) is 15.1. The van der Waals surface area contributed by atoms with Crippen LogP contribution in [0.5, 0.6) is 5.75 Å². The second-order valence-corrected chi connectivity index (χ2v) is 21.6. The molecule has 3 saturated carbocycles.